The smallest absolute Gasteiger partial charge is 0.284 e. The fourth-order valence-corrected chi connectivity index (χ4v) is 2.16. The van der Waals surface area contributed by atoms with Crippen molar-refractivity contribution < 1.29 is 14.3 Å². The van der Waals surface area contributed by atoms with Crippen LogP contribution in [0.4, 0.5) is 11.4 Å². The second-order valence-electron chi connectivity index (χ2n) is 4.28. The first-order valence-corrected chi connectivity index (χ1v) is 5.91. The van der Waals surface area contributed by atoms with E-state index in [1.807, 2.05) is 0 Å². The van der Waals surface area contributed by atoms with Crippen LogP contribution in [0.15, 0.2) is 36.5 Å². The predicted molar refractivity (Wildman–Crippen MR) is 72.8 cm³/mol. The minimum absolute atomic E-state index is 0.149. The first kappa shape index (κ1) is 12.2. The third-order valence-corrected chi connectivity index (χ3v) is 3.09. The van der Waals surface area contributed by atoms with Crippen molar-refractivity contribution in [3.8, 4) is 5.75 Å². The highest BCUT2D eigenvalue weighted by molar-refractivity contribution is 6.34. The van der Waals surface area contributed by atoms with Gasteiger partial charge in [0, 0.05) is 18.0 Å². The van der Waals surface area contributed by atoms with Gasteiger partial charge in [-0.05, 0) is 24.3 Å². The summed E-state index contributed by atoms with van der Waals surface area (Å²) in [6, 6.07) is 7.94. The van der Waals surface area contributed by atoms with Crippen molar-refractivity contribution in [1.29, 1.82) is 0 Å². The van der Waals surface area contributed by atoms with E-state index < -0.39 is 11.8 Å². The van der Waals surface area contributed by atoms with Crippen molar-refractivity contribution in [2.75, 3.05) is 17.7 Å². The molecule has 20 heavy (non-hydrogen) atoms. The summed E-state index contributed by atoms with van der Waals surface area (Å²) in [6.45, 7) is 0. The number of rotatable bonds is 2. The Bertz CT molecular complexity index is 692. The first-order valence-electron chi connectivity index (χ1n) is 5.91. The number of methoxy groups -OCH3 is 1. The van der Waals surface area contributed by atoms with Crippen LogP contribution in [0.5, 0.6) is 5.75 Å². The first-order chi connectivity index (χ1) is 9.63. The highest BCUT2D eigenvalue weighted by atomic mass is 16.5. The summed E-state index contributed by atoms with van der Waals surface area (Å²) >= 11 is 0. The van der Waals surface area contributed by atoms with Crippen molar-refractivity contribution in [2.24, 2.45) is 0 Å². The second-order valence-corrected chi connectivity index (χ2v) is 4.28. The Labute approximate surface area is 114 Å². The molecule has 1 aliphatic rings. The molecule has 2 N–H and O–H groups in total. The number of amides is 2. The normalized spacial score (nSPS) is 13.6. The number of nitrogen functional groups attached to an aromatic ring is 1. The number of ether oxygens (including phenoxy) is 1. The molecule has 6 nitrogen and oxygen atoms in total. The number of hydrogen-bond donors (Lipinski definition) is 1. The average molecular weight is 269 g/mol. The maximum Gasteiger partial charge on any atom is 0.284 e. The van der Waals surface area contributed by atoms with Gasteiger partial charge < -0.3 is 10.5 Å². The third-order valence-electron chi connectivity index (χ3n) is 3.09. The molecule has 2 aromatic rings. The SMILES string of the molecule is COc1cc(N)ccc1N1C(=O)c2cccnc2C1=O. The fourth-order valence-electron chi connectivity index (χ4n) is 2.16. The van der Waals surface area contributed by atoms with Gasteiger partial charge in [-0.1, -0.05) is 0 Å². The van der Waals surface area contributed by atoms with Crippen LogP contribution in [0.3, 0.4) is 0 Å². The maximum absolute atomic E-state index is 12.3. The van der Waals surface area contributed by atoms with Crippen molar-refractivity contribution in [1.82, 2.24) is 4.98 Å². The number of imide groups is 1. The van der Waals surface area contributed by atoms with Crippen LogP contribution in [0.1, 0.15) is 20.8 Å². The maximum atomic E-state index is 12.3. The minimum atomic E-state index is -0.464. The highest BCUT2D eigenvalue weighted by Gasteiger charge is 2.39. The molecule has 0 radical (unpaired) electrons. The average Bonchev–Trinajstić information content (AvgIpc) is 2.72. The number of pyridine rings is 1. The molecular formula is C14H11N3O3. The van der Waals surface area contributed by atoms with Gasteiger partial charge in [0.15, 0.2) is 0 Å². The number of fused-ring (bicyclic) bond motifs is 1. The molecule has 2 amide bonds. The van der Waals surface area contributed by atoms with Gasteiger partial charge >= 0.3 is 0 Å². The van der Waals surface area contributed by atoms with E-state index in [2.05, 4.69) is 4.98 Å². The van der Waals surface area contributed by atoms with Crippen LogP contribution >= 0.6 is 0 Å². The zero-order chi connectivity index (χ0) is 14.3. The van der Waals surface area contributed by atoms with Gasteiger partial charge in [0.05, 0.1) is 18.4 Å². The Morgan fingerprint density at radius 1 is 1.20 bits per heavy atom. The Morgan fingerprint density at radius 3 is 2.70 bits per heavy atom. The van der Waals surface area contributed by atoms with Gasteiger partial charge in [0.1, 0.15) is 11.4 Å². The van der Waals surface area contributed by atoms with Crippen LogP contribution in [0.2, 0.25) is 0 Å². The van der Waals surface area contributed by atoms with Gasteiger partial charge in [-0.3, -0.25) is 14.6 Å². The summed E-state index contributed by atoms with van der Waals surface area (Å²) in [6.07, 6.45) is 1.48. The lowest BCUT2D eigenvalue weighted by molar-refractivity contribution is 0.0923. The van der Waals surface area contributed by atoms with Crippen molar-refractivity contribution in [2.45, 2.75) is 0 Å². The number of carbonyl (C=O) groups is 2. The van der Waals surface area contributed by atoms with E-state index in [4.69, 9.17) is 10.5 Å². The van der Waals surface area contributed by atoms with Crippen molar-refractivity contribution in [3.05, 3.63) is 47.8 Å². The molecule has 0 saturated heterocycles. The molecule has 0 fully saturated rings. The lowest BCUT2D eigenvalue weighted by atomic mass is 10.2. The zero-order valence-corrected chi connectivity index (χ0v) is 10.7. The molecule has 1 aromatic carbocycles. The molecule has 0 bridgehead atoms. The van der Waals surface area contributed by atoms with Crippen LogP contribution in [-0.2, 0) is 0 Å². The van der Waals surface area contributed by atoms with E-state index in [9.17, 15) is 9.59 Å². The summed E-state index contributed by atoms with van der Waals surface area (Å²) in [5.74, 6) is -0.519. The Balaban J connectivity index is 2.14. The standard InChI is InChI=1S/C14H11N3O3/c1-20-11-7-8(15)4-5-10(11)17-13(18)9-3-2-6-16-12(9)14(17)19/h2-7H,15H2,1H3. The molecule has 0 saturated carbocycles. The van der Waals surface area contributed by atoms with Crippen molar-refractivity contribution in [3.63, 3.8) is 0 Å². The number of carbonyl (C=O) groups excluding carboxylic acids is 2. The van der Waals surface area contributed by atoms with E-state index in [0.29, 0.717) is 17.1 Å². The number of nitrogens with zero attached hydrogens (tertiary/aromatic N) is 2. The van der Waals surface area contributed by atoms with Crippen molar-refractivity contribution >= 4 is 23.2 Å². The number of aromatic nitrogens is 1. The number of hydrogen-bond acceptors (Lipinski definition) is 5. The van der Waals surface area contributed by atoms with E-state index in [-0.39, 0.29) is 11.3 Å². The molecule has 2 heterocycles. The second kappa shape index (κ2) is 4.34. The molecular weight excluding hydrogens is 258 g/mol. The summed E-state index contributed by atoms with van der Waals surface area (Å²) in [5, 5.41) is 0. The van der Waals surface area contributed by atoms with E-state index in [0.717, 1.165) is 4.90 Å². The van der Waals surface area contributed by atoms with E-state index >= 15 is 0 Å². The quantitative estimate of drug-likeness (QED) is 0.659. The molecule has 6 heteroatoms. The van der Waals surface area contributed by atoms with Gasteiger partial charge in [0.2, 0.25) is 0 Å². The van der Waals surface area contributed by atoms with Crippen LogP contribution in [0.25, 0.3) is 0 Å². The molecule has 0 atom stereocenters. The largest absolute Gasteiger partial charge is 0.494 e. The van der Waals surface area contributed by atoms with Crippen LogP contribution in [0, 0.1) is 0 Å². The summed E-state index contributed by atoms with van der Waals surface area (Å²) < 4.78 is 5.19. The molecule has 1 aromatic heterocycles. The van der Waals surface area contributed by atoms with Gasteiger partial charge in [-0.15, -0.1) is 0 Å². The number of anilines is 2. The van der Waals surface area contributed by atoms with E-state index in [1.54, 1.807) is 30.3 Å². The highest BCUT2D eigenvalue weighted by Crippen LogP contribution is 2.35. The molecule has 0 unspecified atom stereocenters. The van der Waals surface area contributed by atoms with Gasteiger partial charge in [0.25, 0.3) is 11.8 Å². The number of benzene rings is 1. The number of nitrogens with two attached hydrogens (primary N) is 1. The molecule has 3 rings (SSSR count). The topological polar surface area (TPSA) is 85.5 Å². The lowest BCUT2D eigenvalue weighted by Crippen LogP contribution is -2.29. The van der Waals surface area contributed by atoms with Crippen LogP contribution < -0.4 is 15.4 Å². The lowest BCUT2D eigenvalue weighted by Gasteiger charge is -2.17. The third kappa shape index (κ3) is 1.62. The minimum Gasteiger partial charge on any atom is -0.494 e. The zero-order valence-electron chi connectivity index (χ0n) is 10.7. The van der Waals surface area contributed by atoms with E-state index in [1.165, 1.54) is 13.3 Å². The van der Waals surface area contributed by atoms with Crippen LogP contribution in [-0.4, -0.2) is 23.9 Å². The molecule has 100 valence electrons. The summed E-state index contributed by atoms with van der Waals surface area (Å²) in [5.41, 5.74) is 6.95. The predicted octanol–water partition coefficient (Wildman–Crippen LogP) is 1.47. The van der Waals surface area contributed by atoms with Gasteiger partial charge in [-0.2, -0.15) is 0 Å². The fraction of sp³-hybridized carbons (Fsp3) is 0.0714. The summed E-state index contributed by atoms with van der Waals surface area (Å²) in [7, 11) is 1.45. The molecule has 0 aliphatic carbocycles. The molecule has 1 aliphatic heterocycles. The Kier molecular flexibility index (Phi) is 2.64. The molecule has 0 spiro atoms. The Hall–Kier alpha value is -2.89. The monoisotopic (exact) mass is 269 g/mol. The Morgan fingerprint density at radius 2 is 2.00 bits per heavy atom. The van der Waals surface area contributed by atoms with Gasteiger partial charge in [-0.25, -0.2) is 4.90 Å². The summed E-state index contributed by atoms with van der Waals surface area (Å²) in [4.78, 5) is 29.7.